The Hall–Kier alpha value is -3.64. The van der Waals surface area contributed by atoms with E-state index in [0.717, 1.165) is 15.9 Å². The normalized spacial score (nSPS) is 34.2. The molecule has 0 spiro atoms. The maximum absolute atomic E-state index is 14.3. The van der Waals surface area contributed by atoms with Gasteiger partial charge in [-0.3, -0.25) is 4.79 Å². The predicted molar refractivity (Wildman–Crippen MR) is 211 cm³/mol. The number of hydrogen-bond acceptors (Lipinski definition) is 9. The maximum atomic E-state index is 14.3. The van der Waals surface area contributed by atoms with Crippen molar-refractivity contribution in [2.45, 2.75) is 115 Å². The van der Waals surface area contributed by atoms with E-state index in [1.54, 1.807) is 30.3 Å². The second-order valence-corrected chi connectivity index (χ2v) is 21.9. The van der Waals surface area contributed by atoms with Crippen LogP contribution in [0.3, 0.4) is 0 Å². The van der Waals surface area contributed by atoms with Crippen LogP contribution in [0.4, 0.5) is 0 Å². The lowest BCUT2D eigenvalue weighted by molar-refractivity contribution is -0.359. The van der Waals surface area contributed by atoms with Crippen LogP contribution in [0.25, 0.3) is 0 Å². The lowest BCUT2D eigenvalue weighted by atomic mass is 9.42. The van der Waals surface area contributed by atoms with Crippen molar-refractivity contribution in [2.75, 3.05) is 6.61 Å². The second kappa shape index (κ2) is 13.8. The number of hydrogen-bond donors (Lipinski definition) is 4. The van der Waals surface area contributed by atoms with Crippen LogP contribution in [-0.4, -0.2) is 82.6 Å². The number of ether oxygens (including phenoxy) is 3. The minimum Gasteiger partial charge on any atom is -0.455 e. The molecule has 4 N–H and O–H groups in total. The third kappa shape index (κ3) is 5.81. The summed E-state index contributed by atoms with van der Waals surface area (Å²) in [6, 6.07) is 28.0. The highest BCUT2D eigenvalue weighted by Gasteiger charge is 2.77. The SMILES string of the molecule is CC(=O)O[C@@]12CO[C@@H]1C[C@H](CC(C)(C)[Si](O)(c1ccccc1)c1ccccc1)[C@]1(C)[C@@H]2[C@H](OC(=O)c2ccccc2)[C@]2(O)CCC(C)=C([C@@H](O)[C@@H]1O)C2(C)C. The summed E-state index contributed by atoms with van der Waals surface area (Å²) in [4.78, 5) is 40.7. The van der Waals surface area contributed by atoms with E-state index in [4.69, 9.17) is 14.2 Å². The molecule has 1 aliphatic heterocycles. The van der Waals surface area contributed by atoms with E-state index in [9.17, 15) is 29.7 Å². The summed E-state index contributed by atoms with van der Waals surface area (Å²) in [7, 11) is -3.60. The van der Waals surface area contributed by atoms with Gasteiger partial charge in [-0.05, 0) is 71.6 Å². The lowest BCUT2D eigenvalue weighted by Gasteiger charge is -2.70. The first kappa shape index (κ1) is 39.6. The highest BCUT2D eigenvalue weighted by Crippen LogP contribution is 2.68. The monoisotopic (exact) mass is 768 g/mol. The van der Waals surface area contributed by atoms with Gasteiger partial charge in [0.2, 0.25) is 0 Å². The molecular formula is C45H56O9Si. The molecule has 1 heterocycles. The zero-order chi connectivity index (χ0) is 39.8. The van der Waals surface area contributed by atoms with Gasteiger partial charge in [0.25, 0.3) is 8.32 Å². The number of carbonyl (C=O) groups excluding carboxylic acids is 2. The first-order valence-corrected chi connectivity index (χ1v) is 21.5. The van der Waals surface area contributed by atoms with Crippen LogP contribution < -0.4 is 10.4 Å². The minimum absolute atomic E-state index is 0.0409. The number of benzene rings is 3. The van der Waals surface area contributed by atoms with Crippen molar-refractivity contribution in [3.8, 4) is 0 Å². The molecule has 3 fully saturated rings. The third-order valence-corrected chi connectivity index (χ3v) is 18.9. The summed E-state index contributed by atoms with van der Waals surface area (Å²) in [6.45, 7) is 12.9. The first-order chi connectivity index (χ1) is 25.9. The van der Waals surface area contributed by atoms with Crippen LogP contribution in [0.5, 0.6) is 0 Å². The molecule has 3 aromatic carbocycles. The van der Waals surface area contributed by atoms with Crippen LogP contribution >= 0.6 is 0 Å². The van der Waals surface area contributed by atoms with Crippen molar-refractivity contribution in [3.63, 3.8) is 0 Å². The van der Waals surface area contributed by atoms with Crippen molar-refractivity contribution in [3.05, 3.63) is 108 Å². The topological polar surface area (TPSA) is 143 Å². The van der Waals surface area contributed by atoms with Gasteiger partial charge in [0.15, 0.2) is 5.60 Å². The molecular weight excluding hydrogens is 713 g/mol. The molecule has 7 rings (SSSR count). The summed E-state index contributed by atoms with van der Waals surface area (Å²) >= 11 is 0. The summed E-state index contributed by atoms with van der Waals surface area (Å²) in [5, 5.41) is 39.7. The summed E-state index contributed by atoms with van der Waals surface area (Å²) < 4.78 is 19.3. The van der Waals surface area contributed by atoms with Crippen LogP contribution in [0, 0.1) is 22.7 Å². The van der Waals surface area contributed by atoms with Crippen LogP contribution in [-0.2, 0) is 19.0 Å². The molecule has 3 aliphatic carbocycles. The Kier molecular flexibility index (Phi) is 9.92. The van der Waals surface area contributed by atoms with E-state index in [0.29, 0.717) is 24.8 Å². The number of esters is 2. The smallest absolute Gasteiger partial charge is 0.338 e. The Morgan fingerprint density at radius 2 is 1.45 bits per heavy atom. The fourth-order valence-electron chi connectivity index (χ4n) is 11.4. The van der Waals surface area contributed by atoms with E-state index in [2.05, 4.69) is 13.8 Å². The van der Waals surface area contributed by atoms with E-state index in [1.807, 2.05) is 88.4 Å². The first-order valence-electron chi connectivity index (χ1n) is 19.6. The molecule has 10 heteroatoms. The fraction of sp³-hybridized carbons (Fsp3) is 0.511. The number of aliphatic hydroxyl groups is 3. The number of allylic oxidation sites excluding steroid dienone is 1. The number of fused-ring (bicyclic) bond motifs is 5. The van der Waals surface area contributed by atoms with E-state index < -0.39 is 83.6 Å². The maximum Gasteiger partial charge on any atom is 0.338 e. The van der Waals surface area contributed by atoms with E-state index in [-0.39, 0.29) is 18.6 Å². The Balaban J connectivity index is 1.47. The zero-order valence-corrected chi connectivity index (χ0v) is 34.0. The van der Waals surface area contributed by atoms with Crippen LogP contribution in [0.2, 0.25) is 5.04 Å². The van der Waals surface area contributed by atoms with Crippen molar-refractivity contribution < 1.29 is 43.9 Å². The molecule has 1 saturated heterocycles. The highest BCUT2D eigenvalue weighted by molar-refractivity contribution is 6.98. The third-order valence-electron chi connectivity index (χ3n) is 14.4. The molecule has 55 heavy (non-hydrogen) atoms. The molecule has 9 nitrogen and oxygen atoms in total. The van der Waals surface area contributed by atoms with Gasteiger partial charge in [-0.1, -0.05) is 119 Å². The van der Waals surface area contributed by atoms with Gasteiger partial charge < -0.3 is 34.3 Å². The van der Waals surface area contributed by atoms with Crippen molar-refractivity contribution in [2.24, 2.45) is 22.7 Å². The fourth-order valence-corrected chi connectivity index (χ4v) is 15.2. The molecule has 3 aromatic rings. The minimum atomic E-state index is -3.60. The summed E-state index contributed by atoms with van der Waals surface area (Å²) in [6.07, 6.45) is -3.59. The average Bonchev–Trinajstić information content (AvgIpc) is 3.15. The largest absolute Gasteiger partial charge is 0.455 e. The van der Waals surface area contributed by atoms with Crippen molar-refractivity contribution in [1.82, 2.24) is 0 Å². The predicted octanol–water partition coefficient (Wildman–Crippen LogP) is 5.08. The quantitative estimate of drug-likeness (QED) is 0.140. The van der Waals surface area contributed by atoms with Gasteiger partial charge in [-0.2, -0.15) is 0 Å². The Bertz CT molecular complexity index is 1910. The average molecular weight is 769 g/mol. The highest BCUT2D eigenvalue weighted by atomic mass is 28.4. The molecule has 0 amide bonds. The molecule has 2 saturated carbocycles. The van der Waals surface area contributed by atoms with Crippen LogP contribution in [0.15, 0.2) is 102 Å². The van der Waals surface area contributed by atoms with Crippen LogP contribution in [0.1, 0.15) is 84.5 Å². The molecule has 2 bridgehead atoms. The Morgan fingerprint density at radius 3 is 1.96 bits per heavy atom. The zero-order valence-electron chi connectivity index (χ0n) is 33.0. The number of carbonyl (C=O) groups is 2. The molecule has 0 radical (unpaired) electrons. The van der Waals surface area contributed by atoms with Gasteiger partial charge in [0, 0.05) is 17.8 Å². The van der Waals surface area contributed by atoms with Gasteiger partial charge in [0.1, 0.15) is 23.9 Å². The summed E-state index contributed by atoms with van der Waals surface area (Å²) in [5.41, 5.74) is -4.07. The lowest BCUT2D eigenvalue weighted by Crippen LogP contribution is -2.81. The number of aliphatic hydroxyl groups excluding tert-OH is 2. The molecule has 294 valence electrons. The van der Waals surface area contributed by atoms with E-state index in [1.165, 1.54) is 6.92 Å². The van der Waals surface area contributed by atoms with Gasteiger partial charge >= 0.3 is 11.9 Å². The molecule has 0 aromatic heterocycles. The Morgan fingerprint density at radius 1 is 0.909 bits per heavy atom. The van der Waals surface area contributed by atoms with E-state index >= 15 is 0 Å². The second-order valence-electron chi connectivity index (χ2n) is 18.0. The van der Waals surface area contributed by atoms with Crippen molar-refractivity contribution in [1.29, 1.82) is 0 Å². The van der Waals surface area contributed by atoms with Gasteiger partial charge in [-0.25, -0.2) is 4.79 Å². The van der Waals surface area contributed by atoms with Gasteiger partial charge in [0.05, 0.1) is 24.2 Å². The number of rotatable bonds is 8. The van der Waals surface area contributed by atoms with Crippen molar-refractivity contribution >= 4 is 30.6 Å². The summed E-state index contributed by atoms with van der Waals surface area (Å²) in [5.74, 6) is -2.77. The molecule has 9 atom stereocenters. The molecule has 0 unspecified atom stereocenters. The standard InChI is InChI=1S/C45H56O9Si/c1-28-23-24-45(50)39(53-40(49)30-17-11-8-12-18-30)37-43(7,38(48)36(47)35(28)42(45,5)6)31(25-34-44(37,27-52-34)54-29(2)46)26-41(3,4)55(51,32-19-13-9-14-20-32)33-21-15-10-16-22-33/h8-22,31,34,36-39,47-48,50-51H,23-27H2,1-7H3/t31-,34-,36-,37+,38+,39+,43-,44+,45-/m1/s1. The van der Waals surface area contributed by atoms with Gasteiger partial charge in [-0.15, -0.1) is 0 Å². The molecule has 4 aliphatic rings. The Labute approximate surface area is 325 Å².